The Hall–Kier alpha value is -1.69. The molecule has 9 nitrogen and oxygen atoms in total. The fourth-order valence-corrected chi connectivity index (χ4v) is 2.99. The molecular formula is C19H34IN7O2. The first-order valence-electron chi connectivity index (χ1n) is 9.83. The average molecular weight is 519 g/mol. The van der Waals surface area contributed by atoms with Crippen molar-refractivity contribution in [2.24, 2.45) is 12.0 Å². The van der Waals surface area contributed by atoms with Gasteiger partial charge in [-0.1, -0.05) is 5.16 Å². The molecule has 10 heteroatoms. The van der Waals surface area contributed by atoms with Crippen LogP contribution < -0.4 is 10.6 Å². The van der Waals surface area contributed by atoms with Crippen LogP contribution >= 0.6 is 24.0 Å². The van der Waals surface area contributed by atoms with E-state index in [0.29, 0.717) is 30.8 Å². The van der Waals surface area contributed by atoms with Crippen LogP contribution in [-0.4, -0.2) is 45.1 Å². The second kappa shape index (κ2) is 12.1. The molecule has 0 saturated heterocycles. The van der Waals surface area contributed by atoms with E-state index >= 15 is 0 Å². The topological polar surface area (TPSA) is 102 Å². The molecule has 2 unspecified atom stereocenters. The van der Waals surface area contributed by atoms with Gasteiger partial charge in [0.2, 0.25) is 5.89 Å². The lowest BCUT2D eigenvalue weighted by Crippen LogP contribution is -2.43. The fourth-order valence-electron chi connectivity index (χ4n) is 2.99. The number of hydrogen-bond acceptors (Lipinski definition) is 6. The number of rotatable bonds is 9. The van der Waals surface area contributed by atoms with Crippen molar-refractivity contribution in [3.8, 4) is 0 Å². The Balaban J connectivity index is 0.00000420. The Kier molecular flexibility index (Phi) is 10.6. The monoisotopic (exact) mass is 519 g/mol. The van der Waals surface area contributed by atoms with Gasteiger partial charge in [-0.3, -0.25) is 4.68 Å². The molecule has 0 amide bonds. The minimum Gasteiger partial charge on any atom is -0.371 e. The highest BCUT2D eigenvalue weighted by molar-refractivity contribution is 14.0. The summed E-state index contributed by atoms with van der Waals surface area (Å²) >= 11 is 0. The number of guanidine groups is 1. The maximum absolute atomic E-state index is 5.48. The Morgan fingerprint density at radius 2 is 2.00 bits per heavy atom. The predicted octanol–water partition coefficient (Wildman–Crippen LogP) is 2.82. The summed E-state index contributed by atoms with van der Waals surface area (Å²) in [7, 11) is 1.97. The minimum atomic E-state index is -0.191. The van der Waals surface area contributed by atoms with E-state index in [2.05, 4.69) is 44.7 Å². The summed E-state index contributed by atoms with van der Waals surface area (Å²) in [4.78, 5) is 8.93. The van der Waals surface area contributed by atoms with Gasteiger partial charge in [-0.25, -0.2) is 4.99 Å². The van der Waals surface area contributed by atoms with E-state index in [1.807, 2.05) is 39.4 Å². The van der Waals surface area contributed by atoms with Gasteiger partial charge in [0.25, 0.3) is 0 Å². The first-order chi connectivity index (χ1) is 13.3. The largest absolute Gasteiger partial charge is 0.371 e. The van der Waals surface area contributed by atoms with E-state index in [1.54, 1.807) is 0 Å². The van der Waals surface area contributed by atoms with Crippen LogP contribution in [0.4, 0.5) is 0 Å². The van der Waals surface area contributed by atoms with Crippen LogP contribution in [0.3, 0.4) is 0 Å². The summed E-state index contributed by atoms with van der Waals surface area (Å²) in [6, 6.07) is 0.190. The molecular weight excluding hydrogens is 485 g/mol. The number of aliphatic imine (C=N–C) groups is 1. The number of ether oxygens (including phenoxy) is 1. The summed E-state index contributed by atoms with van der Waals surface area (Å²) in [5, 5.41) is 15.2. The highest BCUT2D eigenvalue weighted by Gasteiger charge is 2.15. The lowest BCUT2D eigenvalue weighted by atomic mass is 10.1. The normalized spacial score (nSPS) is 13.7. The van der Waals surface area contributed by atoms with Crippen LogP contribution in [0.25, 0.3) is 0 Å². The van der Waals surface area contributed by atoms with E-state index in [-0.39, 0.29) is 36.1 Å². The second-order valence-corrected chi connectivity index (χ2v) is 6.86. The zero-order valence-corrected chi connectivity index (χ0v) is 20.8. The van der Waals surface area contributed by atoms with E-state index in [4.69, 9.17) is 9.26 Å². The molecule has 0 radical (unpaired) electrons. The maximum Gasteiger partial charge on any atom is 0.248 e. The van der Waals surface area contributed by atoms with Crippen molar-refractivity contribution in [3.63, 3.8) is 0 Å². The van der Waals surface area contributed by atoms with Gasteiger partial charge < -0.3 is 19.9 Å². The number of halogens is 1. The summed E-state index contributed by atoms with van der Waals surface area (Å²) < 4.78 is 12.7. The molecule has 164 valence electrons. The molecule has 29 heavy (non-hydrogen) atoms. The predicted molar refractivity (Wildman–Crippen MR) is 124 cm³/mol. The van der Waals surface area contributed by atoms with Crippen LogP contribution in [0.5, 0.6) is 0 Å². The van der Waals surface area contributed by atoms with E-state index in [9.17, 15) is 0 Å². The summed E-state index contributed by atoms with van der Waals surface area (Å²) in [6.07, 6.45) is 0.677. The quantitative estimate of drug-likeness (QED) is 0.299. The van der Waals surface area contributed by atoms with Gasteiger partial charge in [0.1, 0.15) is 12.6 Å². The van der Waals surface area contributed by atoms with Crippen molar-refractivity contribution in [2.45, 2.75) is 66.7 Å². The minimum absolute atomic E-state index is 0. The van der Waals surface area contributed by atoms with E-state index in [0.717, 1.165) is 18.7 Å². The third kappa shape index (κ3) is 7.25. The zero-order chi connectivity index (χ0) is 20.7. The van der Waals surface area contributed by atoms with Gasteiger partial charge in [0, 0.05) is 31.9 Å². The summed E-state index contributed by atoms with van der Waals surface area (Å²) in [5.74, 6) is 1.72. The maximum atomic E-state index is 5.48. The standard InChI is InChI=1S/C19H33N7O2.HI/c1-8-20-19(21-11-17-23-18(25-28-17)15(6)27-9-2)22-12(3)10-16-13(4)24-26(7)14(16)5;/h12,15H,8-11H2,1-7H3,(H2,20,21,22);1H. The molecule has 2 heterocycles. The SMILES string of the molecule is CCNC(=NCc1nc(C(C)OCC)no1)NC(C)Cc1c(C)nn(C)c1C.I. The van der Waals surface area contributed by atoms with Gasteiger partial charge in [0.05, 0.1) is 5.69 Å². The number of nitrogens with zero attached hydrogens (tertiary/aromatic N) is 5. The first-order valence-corrected chi connectivity index (χ1v) is 9.83. The molecule has 0 aliphatic carbocycles. The average Bonchev–Trinajstić information content (AvgIpc) is 3.21. The second-order valence-electron chi connectivity index (χ2n) is 6.86. The molecule has 2 atom stereocenters. The van der Waals surface area contributed by atoms with E-state index < -0.39 is 0 Å². The highest BCUT2D eigenvalue weighted by Crippen LogP contribution is 2.15. The third-order valence-electron chi connectivity index (χ3n) is 4.53. The molecule has 0 aliphatic heterocycles. The number of hydrogen-bond donors (Lipinski definition) is 2. The third-order valence-corrected chi connectivity index (χ3v) is 4.53. The Labute approximate surface area is 190 Å². The molecule has 0 fully saturated rings. The summed E-state index contributed by atoms with van der Waals surface area (Å²) in [5.41, 5.74) is 3.53. The van der Waals surface area contributed by atoms with Crippen LogP contribution in [-0.2, 0) is 24.8 Å². The van der Waals surface area contributed by atoms with Crippen molar-refractivity contribution >= 4 is 29.9 Å². The van der Waals surface area contributed by atoms with Crippen molar-refractivity contribution in [1.82, 2.24) is 30.6 Å². The van der Waals surface area contributed by atoms with Gasteiger partial charge in [0.15, 0.2) is 11.8 Å². The lowest BCUT2D eigenvalue weighted by Gasteiger charge is -2.18. The molecule has 2 rings (SSSR count). The van der Waals surface area contributed by atoms with Crippen LogP contribution in [0.15, 0.2) is 9.52 Å². The number of nitrogens with one attached hydrogen (secondary N) is 2. The van der Waals surface area contributed by atoms with Gasteiger partial charge in [-0.05, 0) is 53.5 Å². The van der Waals surface area contributed by atoms with Gasteiger partial charge >= 0.3 is 0 Å². The van der Waals surface area contributed by atoms with Gasteiger partial charge in [-0.2, -0.15) is 10.1 Å². The fraction of sp³-hybridized carbons (Fsp3) is 0.684. The van der Waals surface area contributed by atoms with Crippen molar-refractivity contribution < 1.29 is 9.26 Å². The smallest absolute Gasteiger partial charge is 0.248 e. The molecule has 0 aliphatic rings. The van der Waals surface area contributed by atoms with Crippen LogP contribution in [0, 0.1) is 13.8 Å². The molecule has 0 saturated carbocycles. The molecule has 2 aromatic rings. The number of aromatic nitrogens is 4. The van der Waals surface area contributed by atoms with Crippen LogP contribution in [0.1, 0.15) is 62.5 Å². The first kappa shape index (κ1) is 25.3. The Morgan fingerprint density at radius 3 is 2.59 bits per heavy atom. The van der Waals surface area contributed by atoms with Crippen molar-refractivity contribution in [2.75, 3.05) is 13.2 Å². The molecule has 0 bridgehead atoms. The van der Waals surface area contributed by atoms with Crippen molar-refractivity contribution in [1.29, 1.82) is 0 Å². The zero-order valence-electron chi connectivity index (χ0n) is 18.4. The Morgan fingerprint density at radius 1 is 1.28 bits per heavy atom. The van der Waals surface area contributed by atoms with Crippen molar-refractivity contribution in [3.05, 3.63) is 28.7 Å². The lowest BCUT2D eigenvalue weighted by molar-refractivity contribution is 0.0683. The highest BCUT2D eigenvalue weighted by atomic mass is 127. The Bertz CT molecular complexity index is 788. The molecule has 2 N–H and O–H groups in total. The molecule has 0 spiro atoms. The van der Waals surface area contributed by atoms with Crippen LogP contribution in [0.2, 0.25) is 0 Å². The molecule has 2 aromatic heterocycles. The van der Waals surface area contributed by atoms with Gasteiger partial charge in [-0.15, -0.1) is 24.0 Å². The molecule has 0 aromatic carbocycles. The number of aryl methyl sites for hydroxylation is 2. The van der Waals surface area contributed by atoms with E-state index in [1.165, 1.54) is 11.3 Å². The summed E-state index contributed by atoms with van der Waals surface area (Å²) in [6.45, 7) is 13.8.